The number of esters is 1. The molecule has 0 radical (unpaired) electrons. The summed E-state index contributed by atoms with van der Waals surface area (Å²) in [7, 11) is 0. The molecule has 0 atom stereocenters. The van der Waals surface area contributed by atoms with Crippen LogP contribution in [0.15, 0.2) is 22.8 Å². The first-order valence-corrected chi connectivity index (χ1v) is 8.26. The molecule has 5 heteroatoms. The van der Waals surface area contributed by atoms with E-state index in [0.717, 1.165) is 34.1 Å². The van der Waals surface area contributed by atoms with Gasteiger partial charge in [0, 0.05) is 17.5 Å². The van der Waals surface area contributed by atoms with Gasteiger partial charge in [-0.2, -0.15) is 0 Å². The van der Waals surface area contributed by atoms with Crippen LogP contribution in [0.1, 0.15) is 37.0 Å². The summed E-state index contributed by atoms with van der Waals surface area (Å²) in [6.45, 7) is 8.56. The minimum absolute atomic E-state index is 0.0920. The van der Waals surface area contributed by atoms with Crippen molar-refractivity contribution in [3.63, 3.8) is 0 Å². The van der Waals surface area contributed by atoms with Crippen molar-refractivity contribution in [2.75, 3.05) is 13.2 Å². The first kappa shape index (κ1) is 18.0. The predicted molar refractivity (Wildman–Crippen MR) is 92.8 cm³/mol. The highest BCUT2D eigenvalue weighted by Crippen LogP contribution is 2.25. The number of amides is 1. The minimum Gasteiger partial charge on any atom is -0.464 e. The summed E-state index contributed by atoms with van der Waals surface area (Å²) in [4.78, 5) is 23.6. The lowest BCUT2D eigenvalue weighted by atomic mass is 10.0. The molecule has 0 saturated heterocycles. The number of hydrogen-bond donors (Lipinski definition) is 1. The van der Waals surface area contributed by atoms with E-state index in [0.29, 0.717) is 12.5 Å². The van der Waals surface area contributed by atoms with Crippen molar-refractivity contribution in [1.82, 2.24) is 5.32 Å². The van der Waals surface area contributed by atoms with Gasteiger partial charge in [0.25, 0.3) is 5.91 Å². The number of fused-ring (bicyclic) bond motifs is 1. The van der Waals surface area contributed by atoms with Crippen LogP contribution in [0.2, 0.25) is 0 Å². The predicted octanol–water partition coefficient (Wildman–Crippen LogP) is 3.30. The summed E-state index contributed by atoms with van der Waals surface area (Å²) in [5, 5.41) is 3.65. The quantitative estimate of drug-likeness (QED) is 0.791. The summed E-state index contributed by atoms with van der Waals surface area (Å²) in [5.41, 5.74) is 3.82. The smallest absolute Gasteiger partial charge is 0.310 e. The standard InChI is InChI=1S/C19H25NO4/c1-12(2)5-6-20-18(21)11-24-19(22)9-15-10-23-17-8-14(4)13(3)7-16(15)17/h7-8,10,12H,5-6,9,11H2,1-4H3,(H,20,21). The molecule has 0 fully saturated rings. The molecule has 0 saturated carbocycles. The third kappa shape index (κ3) is 4.85. The molecule has 1 N–H and O–H groups in total. The molecule has 0 aliphatic rings. The second kappa shape index (κ2) is 7.99. The zero-order valence-corrected chi connectivity index (χ0v) is 14.8. The van der Waals surface area contributed by atoms with Gasteiger partial charge < -0.3 is 14.5 Å². The topological polar surface area (TPSA) is 68.5 Å². The van der Waals surface area contributed by atoms with E-state index in [1.54, 1.807) is 6.26 Å². The fourth-order valence-corrected chi connectivity index (χ4v) is 2.38. The van der Waals surface area contributed by atoms with Crippen LogP contribution in [-0.4, -0.2) is 25.0 Å². The van der Waals surface area contributed by atoms with Crippen LogP contribution < -0.4 is 5.32 Å². The number of nitrogens with one attached hydrogen (secondary N) is 1. The maximum atomic E-state index is 11.9. The van der Waals surface area contributed by atoms with Gasteiger partial charge in [0.1, 0.15) is 5.58 Å². The van der Waals surface area contributed by atoms with Gasteiger partial charge in [-0.3, -0.25) is 9.59 Å². The van der Waals surface area contributed by atoms with Gasteiger partial charge in [0.05, 0.1) is 12.7 Å². The first-order chi connectivity index (χ1) is 11.4. The Morgan fingerprint density at radius 3 is 2.62 bits per heavy atom. The van der Waals surface area contributed by atoms with Crippen molar-refractivity contribution in [2.24, 2.45) is 5.92 Å². The zero-order chi connectivity index (χ0) is 17.7. The molecule has 2 aromatic rings. The second-order valence-electron chi connectivity index (χ2n) is 6.56. The van der Waals surface area contributed by atoms with Crippen molar-refractivity contribution >= 4 is 22.8 Å². The molecule has 24 heavy (non-hydrogen) atoms. The van der Waals surface area contributed by atoms with E-state index < -0.39 is 5.97 Å². The van der Waals surface area contributed by atoms with Crippen LogP contribution in [-0.2, 0) is 20.7 Å². The lowest BCUT2D eigenvalue weighted by Gasteiger charge is -2.08. The third-order valence-corrected chi connectivity index (χ3v) is 4.01. The molecule has 5 nitrogen and oxygen atoms in total. The number of hydrogen-bond acceptors (Lipinski definition) is 4. The fourth-order valence-electron chi connectivity index (χ4n) is 2.38. The number of carbonyl (C=O) groups is 2. The molecule has 130 valence electrons. The van der Waals surface area contributed by atoms with Gasteiger partial charge in [0.15, 0.2) is 6.61 Å². The summed E-state index contributed by atoms with van der Waals surface area (Å²) in [5.74, 6) is -0.184. The largest absolute Gasteiger partial charge is 0.464 e. The maximum absolute atomic E-state index is 11.9. The van der Waals surface area contributed by atoms with E-state index in [9.17, 15) is 9.59 Å². The van der Waals surface area contributed by atoms with Crippen molar-refractivity contribution in [3.05, 3.63) is 35.1 Å². The van der Waals surface area contributed by atoms with Crippen LogP contribution in [0.3, 0.4) is 0 Å². The Bertz CT molecular complexity index is 730. The third-order valence-electron chi connectivity index (χ3n) is 4.01. The number of aryl methyl sites for hydroxylation is 2. The second-order valence-corrected chi connectivity index (χ2v) is 6.56. The van der Waals surface area contributed by atoms with E-state index in [-0.39, 0.29) is 18.9 Å². The highest BCUT2D eigenvalue weighted by atomic mass is 16.5. The lowest BCUT2D eigenvalue weighted by Crippen LogP contribution is -2.30. The monoisotopic (exact) mass is 331 g/mol. The van der Waals surface area contributed by atoms with Crippen LogP contribution in [0.4, 0.5) is 0 Å². The SMILES string of the molecule is Cc1cc2occ(CC(=O)OCC(=O)NCCC(C)C)c2cc1C. The molecule has 0 bridgehead atoms. The Hall–Kier alpha value is -2.30. The van der Waals surface area contributed by atoms with Crippen LogP contribution in [0, 0.1) is 19.8 Å². The minimum atomic E-state index is -0.435. The lowest BCUT2D eigenvalue weighted by molar-refractivity contribution is -0.147. The molecular weight excluding hydrogens is 306 g/mol. The van der Waals surface area contributed by atoms with Crippen LogP contribution in [0.5, 0.6) is 0 Å². The molecule has 0 unspecified atom stereocenters. The van der Waals surface area contributed by atoms with Crippen molar-refractivity contribution in [1.29, 1.82) is 0 Å². The number of rotatable bonds is 7. The normalized spacial score (nSPS) is 11.0. The molecule has 2 rings (SSSR count). The van der Waals surface area contributed by atoms with Gasteiger partial charge in [-0.1, -0.05) is 13.8 Å². The van der Waals surface area contributed by atoms with Crippen LogP contribution >= 0.6 is 0 Å². The highest BCUT2D eigenvalue weighted by molar-refractivity contribution is 5.87. The average Bonchev–Trinajstić information content (AvgIpc) is 2.87. The van der Waals surface area contributed by atoms with Gasteiger partial charge in [-0.15, -0.1) is 0 Å². The van der Waals surface area contributed by atoms with Gasteiger partial charge >= 0.3 is 5.97 Å². The number of carbonyl (C=O) groups excluding carboxylic acids is 2. The molecule has 0 spiro atoms. The van der Waals surface area contributed by atoms with E-state index >= 15 is 0 Å². The molecule has 1 heterocycles. The summed E-state index contributed by atoms with van der Waals surface area (Å²) in [6.07, 6.45) is 2.57. The molecule has 0 aliphatic carbocycles. The maximum Gasteiger partial charge on any atom is 0.310 e. The van der Waals surface area contributed by atoms with Gasteiger partial charge in [-0.05, 0) is 49.4 Å². The highest BCUT2D eigenvalue weighted by Gasteiger charge is 2.14. The van der Waals surface area contributed by atoms with E-state index in [2.05, 4.69) is 19.2 Å². The van der Waals surface area contributed by atoms with Crippen molar-refractivity contribution in [3.8, 4) is 0 Å². The fraction of sp³-hybridized carbons (Fsp3) is 0.474. The Morgan fingerprint density at radius 1 is 1.21 bits per heavy atom. The number of ether oxygens (including phenoxy) is 1. The molecule has 1 amide bonds. The zero-order valence-electron chi connectivity index (χ0n) is 14.8. The molecule has 0 aliphatic heterocycles. The number of benzene rings is 1. The van der Waals surface area contributed by atoms with Crippen molar-refractivity contribution in [2.45, 2.75) is 40.5 Å². The average molecular weight is 331 g/mol. The Kier molecular flexibility index (Phi) is 6.01. The van der Waals surface area contributed by atoms with E-state index in [4.69, 9.17) is 9.15 Å². The summed E-state index contributed by atoms with van der Waals surface area (Å²) < 4.78 is 10.5. The van der Waals surface area contributed by atoms with Gasteiger partial charge in [-0.25, -0.2) is 0 Å². The molecule has 1 aromatic carbocycles. The van der Waals surface area contributed by atoms with Crippen LogP contribution in [0.25, 0.3) is 11.0 Å². The first-order valence-electron chi connectivity index (χ1n) is 8.26. The Morgan fingerprint density at radius 2 is 1.92 bits per heavy atom. The van der Waals surface area contributed by atoms with Crippen molar-refractivity contribution < 1.29 is 18.7 Å². The Labute approximate surface area is 142 Å². The summed E-state index contributed by atoms with van der Waals surface area (Å²) >= 11 is 0. The Balaban J connectivity index is 1.87. The van der Waals surface area contributed by atoms with E-state index in [1.807, 2.05) is 26.0 Å². The molecule has 1 aromatic heterocycles. The van der Waals surface area contributed by atoms with Gasteiger partial charge in [0.2, 0.25) is 0 Å². The number of furan rings is 1. The van der Waals surface area contributed by atoms with E-state index in [1.165, 1.54) is 0 Å². The summed E-state index contributed by atoms with van der Waals surface area (Å²) in [6, 6.07) is 3.97. The molecular formula is C19H25NO4.